The summed E-state index contributed by atoms with van der Waals surface area (Å²) < 4.78 is 24.5. The summed E-state index contributed by atoms with van der Waals surface area (Å²) in [4.78, 5) is 14.5. The molecule has 0 aliphatic heterocycles. The van der Waals surface area contributed by atoms with Crippen LogP contribution in [0.3, 0.4) is 0 Å². The Kier molecular flexibility index (Phi) is 5.92. The number of nitrogens with zero attached hydrogens (tertiary/aromatic N) is 1. The highest BCUT2D eigenvalue weighted by Crippen LogP contribution is 2.37. The van der Waals surface area contributed by atoms with Gasteiger partial charge in [0.1, 0.15) is 5.76 Å². The Hall–Kier alpha value is -1.41. The van der Waals surface area contributed by atoms with Gasteiger partial charge in [0, 0.05) is 36.4 Å². The molecular weight excluding hydrogens is 402 g/mol. The second-order valence-corrected chi connectivity index (χ2v) is 10.4. The van der Waals surface area contributed by atoms with Crippen LogP contribution in [-0.2, 0) is 21.2 Å². The zero-order valence-electron chi connectivity index (χ0n) is 16.3. The van der Waals surface area contributed by atoms with E-state index in [2.05, 4.69) is 0 Å². The van der Waals surface area contributed by atoms with Crippen LogP contribution in [0.2, 0.25) is 5.02 Å². The zero-order valence-corrected chi connectivity index (χ0v) is 17.8. The van der Waals surface area contributed by atoms with Gasteiger partial charge in [0.15, 0.2) is 15.6 Å². The molecule has 0 amide bonds. The van der Waals surface area contributed by atoms with Crippen LogP contribution in [0.4, 0.5) is 0 Å². The number of carbonyl (C=O) groups excluding carboxylic acids is 1. The molecule has 0 radical (unpaired) electrons. The number of hydrogen-bond donors (Lipinski definition) is 2. The van der Waals surface area contributed by atoms with Gasteiger partial charge in [-0.2, -0.15) is 0 Å². The number of carbonyl (C=O) groups is 1. The molecule has 3 rings (SSSR count). The van der Waals surface area contributed by atoms with Gasteiger partial charge in [0.05, 0.1) is 21.6 Å². The van der Waals surface area contributed by atoms with Crippen molar-refractivity contribution in [2.24, 2.45) is 5.92 Å². The van der Waals surface area contributed by atoms with E-state index in [9.17, 15) is 23.4 Å². The van der Waals surface area contributed by atoms with Gasteiger partial charge in [-0.05, 0) is 44.4 Å². The number of aliphatic hydroxyl groups excluding tert-OH is 2. The van der Waals surface area contributed by atoms with Gasteiger partial charge in [-0.1, -0.05) is 18.5 Å². The van der Waals surface area contributed by atoms with E-state index < -0.39 is 15.9 Å². The maximum atomic E-state index is 12.4. The minimum Gasteiger partial charge on any atom is -0.507 e. The Morgan fingerprint density at radius 1 is 1.32 bits per heavy atom. The van der Waals surface area contributed by atoms with Crippen LogP contribution in [0.25, 0.3) is 5.76 Å². The van der Waals surface area contributed by atoms with Gasteiger partial charge in [-0.25, -0.2) is 8.42 Å². The predicted molar refractivity (Wildman–Crippen MR) is 108 cm³/mol. The monoisotopic (exact) mass is 427 g/mol. The van der Waals surface area contributed by atoms with Crippen molar-refractivity contribution in [1.29, 1.82) is 0 Å². The molecule has 154 valence electrons. The summed E-state index contributed by atoms with van der Waals surface area (Å²) in [5.41, 5.74) is 0.521. The molecule has 0 spiro atoms. The molecule has 0 bridgehead atoms. The van der Waals surface area contributed by atoms with Crippen LogP contribution in [0.15, 0.2) is 22.6 Å². The molecule has 0 aromatic heterocycles. The van der Waals surface area contributed by atoms with Crippen molar-refractivity contribution >= 4 is 33.0 Å². The first-order valence-corrected chi connectivity index (χ1v) is 11.6. The summed E-state index contributed by atoms with van der Waals surface area (Å²) in [6.07, 6.45) is 2.77. The number of ketones is 1. The normalized spacial score (nSPS) is 25.3. The molecule has 2 aliphatic carbocycles. The molecule has 2 aliphatic rings. The van der Waals surface area contributed by atoms with Crippen LogP contribution in [0.5, 0.6) is 0 Å². The first kappa shape index (κ1) is 21.3. The molecule has 2 N–H and O–H groups in total. The minimum atomic E-state index is -3.53. The lowest BCUT2D eigenvalue weighted by Gasteiger charge is -2.26. The number of sulfone groups is 1. The van der Waals surface area contributed by atoms with Gasteiger partial charge in [0.25, 0.3) is 0 Å². The van der Waals surface area contributed by atoms with Crippen molar-refractivity contribution < 1.29 is 23.4 Å². The standard InChI is InChI=1S/C20H26ClNO5S/c1-11-8-15(23)18(16(24)9-11)20(25)13-6-7-17(28(3,26)27)14(19(13)21)10-22(2)12-4-5-12/h6-7,11-12,15,23,25H,4-5,8-10H2,1-3H3. The first-order valence-electron chi connectivity index (χ1n) is 9.37. The zero-order chi connectivity index (χ0) is 20.8. The summed E-state index contributed by atoms with van der Waals surface area (Å²) in [5.74, 6) is -0.654. The van der Waals surface area contributed by atoms with Crippen molar-refractivity contribution in [2.45, 2.75) is 56.2 Å². The summed E-state index contributed by atoms with van der Waals surface area (Å²) in [6.45, 7) is 2.19. The molecule has 1 aromatic carbocycles. The number of aliphatic hydroxyl groups is 2. The SMILES string of the molecule is CC1CC(=O)C(=C(O)c2ccc(S(C)(=O)=O)c(CN(C)C3CC3)c2Cl)C(O)C1. The van der Waals surface area contributed by atoms with Gasteiger partial charge in [-0.15, -0.1) is 0 Å². The Morgan fingerprint density at radius 3 is 2.50 bits per heavy atom. The van der Waals surface area contributed by atoms with E-state index in [1.165, 1.54) is 12.1 Å². The van der Waals surface area contributed by atoms with E-state index in [1.54, 1.807) is 0 Å². The van der Waals surface area contributed by atoms with Crippen LogP contribution in [0.1, 0.15) is 43.7 Å². The third-order valence-corrected chi connectivity index (χ3v) is 7.09. The van der Waals surface area contributed by atoms with E-state index in [-0.39, 0.29) is 44.9 Å². The van der Waals surface area contributed by atoms with Crippen molar-refractivity contribution in [3.8, 4) is 0 Å². The van der Waals surface area contributed by atoms with E-state index >= 15 is 0 Å². The average Bonchev–Trinajstić information content (AvgIpc) is 3.39. The Labute approximate surface area is 170 Å². The molecule has 2 atom stereocenters. The van der Waals surface area contributed by atoms with Crippen molar-refractivity contribution in [2.75, 3.05) is 13.3 Å². The van der Waals surface area contributed by atoms with Crippen molar-refractivity contribution in [3.63, 3.8) is 0 Å². The largest absolute Gasteiger partial charge is 0.507 e. The molecule has 0 saturated heterocycles. The third kappa shape index (κ3) is 4.27. The van der Waals surface area contributed by atoms with E-state index in [0.717, 1.165) is 19.1 Å². The van der Waals surface area contributed by atoms with Crippen LogP contribution in [0, 0.1) is 5.92 Å². The predicted octanol–water partition coefficient (Wildman–Crippen LogP) is 2.97. The van der Waals surface area contributed by atoms with E-state index in [1.807, 2.05) is 18.9 Å². The Morgan fingerprint density at radius 2 is 1.96 bits per heavy atom. The molecule has 28 heavy (non-hydrogen) atoms. The highest BCUT2D eigenvalue weighted by molar-refractivity contribution is 7.90. The second-order valence-electron chi connectivity index (χ2n) is 8.07. The minimum absolute atomic E-state index is 0.0323. The van der Waals surface area contributed by atoms with Crippen LogP contribution < -0.4 is 0 Å². The molecule has 1 aromatic rings. The molecule has 2 unspecified atom stereocenters. The number of Topliss-reactive ketones (excluding diaryl/α,β-unsaturated/α-hetero) is 1. The fourth-order valence-electron chi connectivity index (χ4n) is 3.80. The summed E-state index contributed by atoms with van der Waals surface area (Å²) in [6, 6.07) is 3.20. The number of rotatable bonds is 5. The lowest BCUT2D eigenvalue weighted by atomic mass is 9.82. The van der Waals surface area contributed by atoms with Crippen LogP contribution >= 0.6 is 11.6 Å². The average molecular weight is 428 g/mol. The molecule has 6 nitrogen and oxygen atoms in total. The lowest BCUT2D eigenvalue weighted by molar-refractivity contribution is -0.119. The molecule has 0 heterocycles. The van der Waals surface area contributed by atoms with Gasteiger partial charge in [0.2, 0.25) is 0 Å². The molecular formula is C20H26ClNO5S. The molecule has 2 saturated carbocycles. The Balaban J connectivity index is 2.11. The number of halogens is 1. The second kappa shape index (κ2) is 7.78. The van der Waals surface area contributed by atoms with Gasteiger partial charge >= 0.3 is 0 Å². The maximum Gasteiger partial charge on any atom is 0.175 e. The van der Waals surface area contributed by atoms with Gasteiger partial charge in [-0.3, -0.25) is 9.69 Å². The summed E-state index contributed by atoms with van der Waals surface area (Å²) in [7, 11) is -1.62. The molecule has 8 heteroatoms. The smallest absolute Gasteiger partial charge is 0.175 e. The summed E-state index contributed by atoms with van der Waals surface area (Å²) in [5, 5.41) is 21.2. The first-order chi connectivity index (χ1) is 13.0. The van der Waals surface area contributed by atoms with E-state index in [0.29, 0.717) is 24.6 Å². The maximum absolute atomic E-state index is 12.4. The Bertz CT molecular complexity index is 936. The van der Waals surface area contributed by atoms with E-state index in [4.69, 9.17) is 11.6 Å². The number of hydrogen-bond acceptors (Lipinski definition) is 6. The topological polar surface area (TPSA) is 94.9 Å². The summed E-state index contributed by atoms with van der Waals surface area (Å²) >= 11 is 6.55. The van der Waals surface area contributed by atoms with Crippen molar-refractivity contribution in [1.82, 2.24) is 4.90 Å². The van der Waals surface area contributed by atoms with Crippen molar-refractivity contribution in [3.05, 3.63) is 33.9 Å². The highest BCUT2D eigenvalue weighted by Gasteiger charge is 2.33. The fourth-order valence-corrected chi connectivity index (χ4v) is 5.10. The fraction of sp³-hybridized carbons (Fsp3) is 0.550. The molecule has 2 fully saturated rings. The van der Waals surface area contributed by atoms with Crippen LogP contribution in [-0.4, -0.2) is 54.8 Å². The quantitative estimate of drug-likeness (QED) is 0.554. The lowest BCUT2D eigenvalue weighted by Crippen LogP contribution is -2.29. The third-order valence-electron chi connectivity index (χ3n) is 5.48. The highest BCUT2D eigenvalue weighted by atomic mass is 35.5. The number of benzene rings is 1. The van der Waals surface area contributed by atoms with Gasteiger partial charge < -0.3 is 10.2 Å².